The van der Waals surface area contributed by atoms with E-state index in [0.717, 1.165) is 32.5 Å². The molecule has 0 aromatic carbocycles. The van der Waals surface area contributed by atoms with Gasteiger partial charge in [-0.25, -0.2) is 0 Å². The summed E-state index contributed by atoms with van der Waals surface area (Å²) in [5.41, 5.74) is 0. The molecule has 0 bridgehead atoms. The van der Waals surface area contributed by atoms with E-state index in [-0.39, 0.29) is 6.04 Å². The quantitative estimate of drug-likeness (QED) is 0.713. The average Bonchev–Trinajstić information content (AvgIpc) is 2.27. The Balaban J connectivity index is 2.42. The molecule has 0 aromatic rings. The number of hydrogen-bond donors (Lipinski definition) is 0. The second-order valence-corrected chi connectivity index (χ2v) is 3.92. The summed E-state index contributed by atoms with van der Waals surface area (Å²) in [6, 6.07) is -0.0192. The van der Waals surface area contributed by atoms with E-state index in [1.54, 1.807) is 0 Å². The van der Waals surface area contributed by atoms with Gasteiger partial charge in [-0.05, 0) is 19.4 Å². The Bertz CT molecular complexity index is 215. The monoisotopic (exact) mass is 220 g/mol. The third-order valence-corrected chi connectivity index (χ3v) is 3.09. The molecule has 0 spiro atoms. The molecule has 1 saturated heterocycles. The lowest BCUT2D eigenvalue weighted by atomic mass is 10.0. The fourth-order valence-electron chi connectivity index (χ4n) is 1.96. The molecule has 15 heavy (non-hydrogen) atoms. The Hall–Kier alpha value is -0.710. The predicted molar refractivity (Wildman–Crippen MR) is 53.9 cm³/mol. The Kier molecular flexibility index (Phi) is 4.45. The standard InChI is InChI=1S/C10H18F2N2O/c1-3-14-6-4-8(5-7-14)13(2)10(15)9(11)12/h8-9H,3-7H2,1-2H3. The summed E-state index contributed by atoms with van der Waals surface area (Å²) < 4.78 is 24.3. The zero-order chi connectivity index (χ0) is 11.4. The van der Waals surface area contributed by atoms with Gasteiger partial charge in [-0.2, -0.15) is 8.78 Å². The summed E-state index contributed by atoms with van der Waals surface area (Å²) in [5.74, 6) is -1.05. The maximum Gasteiger partial charge on any atom is 0.315 e. The summed E-state index contributed by atoms with van der Waals surface area (Å²) >= 11 is 0. The smallest absolute Gasteiger partial charge is 0.315 e. The van der Waals surface area contributed by atoms with E-state index in [1.165, 1.54) is 11.9 Å². The first-order valence-electron chi connectivity index (χ1n) is 5.33. The first-order chi connectivity index (χ1) is 7.06. The van der Waals surface area contributed by atoms with Gasteiger partial charge in [-0.1, -0.05) is 6.92 Å². The molecule has 1 fully saturated rings. The number of halogens is 2. The Morgan fingerprint density at radius 1 is 1.47 bits per heavy atom. The number of hydrogen-bond acceptors (Lipinski definition) is 2. The van der Waals surface area contributed by atoms with Gasteiger partial charge in [0.25, 0.3) is 5.91 Å². The number of likely N-dealkylation sites (tertiary alicyclic amines) is 1. The Labute approximate surface area is 89.0 Å². The number of nitrogens with zero attached hydrogens (tertiary/aromatic N) is 2. The van der Waals surface area contributed by atoms with Gasteiger partial charge in [-0.15, -0.1) is 0 Å². The Morgan fingerprint density at radius 3 is 2.40 bits per heavy atom. The van der Waals surface area contributed by atoms with Crippen molar-refractivity contribution in [2.24, 2.45) is 0 Å². The zero-order valence-electron chi connectivity index (χ0n) is 9.25. The fraction of sp³-hybridized carbons (Fsp3) is 0.900. The second-order valence-electron chi connectivity index (χ2n) is 3.92. The number of piperidine rings is 1. The molecule has 1 aliphatic heterocycles. The van der Waals surface area contributed by atoms with Crippen LogP contribution in [0.1, 0.15) is 19.8 Å². The second kappa shape index (κ2) is 5.39. The van der Waals surface area contributed by atoms with Crippen LogP contribution in [0.4, 0.5) is 8.78 Å². The van der Waals surface area contributed by atoms with Crippen LogP contribution in [0, 0.1) is 0 Å². The lowest BCUT2D eigenvalue weighted by Crippen LogP contribution is -2.47. The number of alkyl halides is 2. The van der Waals surface area contributed by atoms with Crippen LogP contribution < -0.4 is 0 Å². The van der Waals surface area contributed by atoms with E-state index >= 15 is 0 Å². The highest BCUT2D eigenvalue weighted by molar-refractivity contribution is 5.79. The van der Waals surface area contributed by atoms with E-state index in [2.05, 4.69) is 11.8 Å². The molecule has 1 heterocycles. The van der Waals surface area contributed by atoms with Crippen LogP contribution in [-0.4, -0.2) is 54.9 Å². The molecule has 1 rings (SSSR count). The van der Waals surface area contributed by atoms with E-state index in [4.69, 9.17) is 0 Å². The van der Waals surface area contributed by atoms with Crippen molar-refractivity contribution < 1.29 is 13.6 Å². The van der Waals surface area contributed by atoms with E-state index in [1.807, 2.05) is 0 Å². The highest BCUT2D eigenvalue weighted by Gasteiger charge is 2.28. The maximum atomic E-state index is 12.2. The molecule has 1 amide bonds. The highest BCUT2D eigenvalue weighted by atomic mass is 19.3. The van der Waals surface area contributed by atoms with Crippen LogP contribution in [0.2, 0.25) is 0 Å². The molecule has 1 aliphatic rings. The van der Waals surface area contributed by atoms with Crippen molar-refractivity contribution in [3.63, 3.8) is 0 Å². The van der Waals surface area contributed by atoms with Gasteiger partial charge >= 0.3 is 6.43 Å². The molecule has 0 N–H and O–H groups in total. The van der Waals surface area contributed by atoms with Gasteiger partial charge < -0.3 is 9.80 Å². The van der Waals surface area contributed by atoms with E-state index < -0.39 is 12.3 Å². The van der Waals surface area contributed by atoms with Crippen LogP contribution in [0.15, 0.2) is 0 Å². The molecule has 0 atom stereocenters. The first-order valence-corrected chi connectivity index (χ1v) is 5.33. The third kappa shape index (κ3) is 3.12. The van der Waals surface area contributed by atoms with Crippen molar-refractivity contribution in [1.82, 2.24) is 9.80 Å². The highest BCUT2D eigenvalue weighted by Crippen LogP contribution is 2.16. The van der Waals surface area contributed by atoms with Crippen molar-refractivity contribution in [2.45, 2.75) is 32.2 Å². The van der Waals surface area contributed by atoms with Crippen molar-refractivity contribution >= 4 is 5.91 Å². The van der Waals surface area contributed by atoms with Gasteiger partial charge in [0.05, 0.1) is 0 Å². The largest absolute Gasteiger partial charge is 0.338 e. The summed E-state index contributed by atoms with van der Waals surface area (Å²) in [6.07, 6.45) is -1.29. The Morgan fingerprint density at radius 2 is 2.00 bits per heavy atom. The van der Waals surface area contributed by atoms with Crippen LogP contribution in [-0.2, 0) is 4.79 Å². The van der Waals surface area contributed by atoms with Crippen LogP contribution in [0.25, 0.3) is 0 Å². The number of amides is 1. The number of carbonyl (C=O) groups is 1. The van der Waals surface area contributed by atoms with Crippen molar-refractivity contribution in [3.8, 4) is 0 Å². The van der Waals surface area contributed by atoms with Gasteiger partial charge in [-0.3, -0.25) is 4.79 Å². The predicted octanol–water partition coefficient (Wildman–Crippen LogP) is 1.19. The van der Waals surface area contributed by atoms with E-state index in [9.17, 15) is 13.6 Å². The zero-order valence-corrected chi connectivity index (χ0v) is 9.25. The van der Waals surface area contributed by atoms with Crippen molar-refractivity contribution in [2.75, 3.05) is 26.7 Å². The van der Waals surface area contributed by atoms with E-state index in [0.29, 0.717) is 0 Å². The van der Waals surface area contributed by atoms with Gasteiger partial charge in [0.2, 0.25) is 0 Å². The molecular formula is C10H18F2N2O. The van der Waals surface area contributed by atoms with Crippen LogP contribution >= 0.6 is 0 Å². The van der Waals surface area contributed by atoms with Gasteiger partial charge in [0, 0.05) is 26.2 Å². The molecular weight excluding hydrogens is 202 g/mol. The lowest BCUT2D eigenvalue weighted by Gasteiger charge is -2.36. The summed E-state index contributed by atoms with van der Waals surface area (Å²) in [6.45, 7) is 4.84. The van der Waals surface area contributed by atoms with Gasteiger partial charge in [0.15, 0.2) is 0 Å². The van der Waals surface area contributed by atoms with Gasteiger partial charge in [0.1, 0.15) is 0 Å². The summed E-state index contributed by atoms with van der Waals surface area (Å²) in [5, 5.41) is 0. The third-order valence-electron chi connectivity index (χ3n) is 3.09. The summed E-state index contributed by atoms with van der Waals surface area (Å²) in [4.78, 5) is 14.5. The normalized spacial score (nSPS) is 19.5. The lowest BCUT2D eigenvalue weighted by molar-refractivity contribution is -0.144. The molecule has 3 nitrogen and oxygen atoms in total. The fourth-order valence-corrected chi connectivity index (χ4v) is 1.96. The van der Waals surface area contributed by atoms with Crippen molar-refractivity contribution in [3.05, 3.63) is 0 Å². The van der Waals surface area contributed by atoms with Crippen LogP contribution in [0.3, 0.4) is 0 Å². The van der Waals surface area contributed by atoms with Crippen molar-refractivity contribution in [1.29, 1.82) is 0 Å². The molecule has 0 unspecified atom stereocenters. The minimum absolute atomic E-state index is 0.0192. The SMILES string of the molecule is CCN1CCC(N(C)C(=O)C(F)F)CC1. The molecule has 0 radical (unpaired) electrons. The minimum Gasteiger partial charge on any atom is -0.338 e. The molecule has 0 saturated carbocycles. The molecule has 88 valence electrons. The molecule has 0 aliphatic carbocycles. The summed E-state index contributed by atoms with van der Waals surface area (Å²) in [7, 11) is 1.47. The topological polar surface area (TPSA) is 23.6 Å². The van der Waals surface area contributed by atoms with Crippen LogP contribution in [0.5, 0.6) is 0 Å². The average molecular weight is 220 g/mol. The first kappa shape index (κ1) is 12.4. The molecule has 5 heteroatoms. The maximum absolute atomic E-state index is 12.2. The number of rotatable bonds is 3. The number of carbonyl (C=O) groups excluding carboxylic acids is 1. The minimum atomic E-state index is -2.88. The molecule has 0 aromatic heterocycles.